The maximum absolute atomic E-state index is 12.8. The van der Waals surface area contributed by atoms with Crippen LogP contribution in [0, 0.1) is 5.21 Å². The van der Waals surface area contributed by atoms with Crippen LogP contribution in [0.1, 0.15) is 32.1 Å². The Hall–Kier alpha value is -4.20. The van der Waals surface area contributed by atoms with E-state index >= 15 is 0 Å². The number of aromatic nitrogens is 3. The average Bonchev–Trinajstić information content (AvgIpc) is 3.23. The van der Waals surface area contributed by atoms with Crippen molar-refractivity contribution in [2.24, 2.45) is 0 Å². The number of imidazole rings is 1. The number of carbonyl (C=O) groups excluding carboxylic acids is 2. The molecular weight excluding hydrogens is 396 g/mol. The number of pyridine rings is 1. The first-order valence-electron chi connectivity index (χ1n) is 9.71. The molecule has 0 unspecified atom stereocenters. The van der Waals surface area contributed by atoms with Gasteiger partial charge in [-0.1, -0.05) is 12.1 Å². The largest absolute Gasteiger partial charge is 0.619 e. The highest BCUT2D eigenvalue weighted by atomic mass is 16.5. The van der Waals surface area contributed by atoms with Gasteiger partial charge >= 0.3 is 0 Å². The summed E-state index contributed by atoms with van der Waals surface area (Å²) in [6.45, 7) is 0.387. The monoisotopic (exact) mass is 414 g/mol. The third-order valence-corrected chi connectivity index (χ3v) is 5.39. The number of methoxy groups -OCH3 is 1. The predicted molar refractivity (Wildman–Crippen MR) is 111 cm³/mol. The lowest BCUT2D eigenvalue weighted by atomic mass is 10.1. The first-order chi connectivity index (χ1) is 15.0. The SMILES string of the molecule is COc1ccc2c(c1)nc(CN1C(=O)c3ccccc3C1=O)n2Cc1ccc[n+]([O-])c1. The summed E-state index contributed by atoms with van der Waals surface area (Å²) in [7, 11) is 1.58. The molecule has 0 spiro atoms. The van der Waals surface area contributed by atoms with Crippen molar-refractivity contribution in [3.05, 3.63) is 94.7 Å². The van der Waals surface area contributed by atoms with Crippen molar-refractivity contribution in [2.45, 2.75) is 13.1 Å². The number of hydrogen-bond donors (Lipinski definition) is 0. The Morgan fingerprint density at radius 1 is 1.00 bits per heavy atom. The lowest BCUT2D eigenvalue weighted by Crippen LogP contribution is -2.30. The zero-order valence-electron chi connectivity index (χ0n) is 16.7. The van der Waals surface area contributed by atoms with Crippen LogP contribution in [0.15, 0.2) is 67.0 Å². The number of nitrogens with zero attached hydrogens (tertiary/aromatic N) is 4. The predicted octanol–water partition coefficient (Wildman–Crippen LogP) is 2.52. The Morgan fingerprint density at radius 2 is 1.74 bits per heavy atom. The number of rotatable bonds is 5. The Labute approximate surface area is 177 Å². The molecular formula is C23H18N4O4. The van der Waals surface area contributed by atoms with E-state index in [1.165, 1.54) is 17.3 Å². The van der Waals surface area contributed by atoms with E-state index in [4.69, 9.17) is 4.74 Å². The topological polar surface area (TPSA) is 91.4 Å². The maximum atomic E-state index is 12.8. The van der Waals surface area contributed by atoms with E-state index in [0.717, 1.165) is 15.8 Å². The molecule has 2 aromatic carbocycles. The molecule has 0 bridgehead atoms. The molecule has 0 N–H and O–H groups in total. The molecule has 2 amide bonds. The third-order valence-electron chi connectivity index (χ3n) is 5.39. The van der Waals surface area contributed by atoms with Crippen LogP contribution in [0.4, 0.5) is 0 Å². The van der Waals surface area contributed by atoms with Gasteiger partial charge in [-0.25, -0.2) is 4.98 Å². The average molecular weight is 414 g/mol. The lowest BCUT2D eigenvalue weighted by Gasteiger charge is -2.15. The van der Waals surface area contributed by atoms with Crippen LogP contribution in [0.3, 0.4) is 0 Å². The van der Waals surface area contributed by atoms with Gasteiger partial charge in [0.2, 0.25) is 0 Å². The molecule has 0 aliphatic carbocycles. The van der Waals surface area contributed by atoms with Crippen molar-refractivity contribution in [1.29, 1.82) is 0 Å². The fourth-order valence-electron chi connectivity index (χ4n) is 3.88. The molecule has 31 heavy (non-hydrogen) atoms. The first-order valence-corrected chi connectivity index (χ1v) is 9.71. The minimum Gasteiger partial charge on any atom is -0.619 e. The van der Waals surface area contributed by atoms with Gasteiger partial charge in [0.05, 0.1) is 42.4 Å². The molecule has 1 aliphatic heterocycles. The molecule has 2 aromatic heterocycles. The van der Waals surface area contributed by atoms with Gasteiger partial charge in [-0.3, -0.25) is 14.5 Å². The summed E-state index contributed by atoms with van der Waals surface area (Å²) >= 11 is 0. The Morgan fingerprint density at radius 3 is 2.42 bits per heavy atom. The van der Waals surface area contributed by atoms with Gasteiger partial charge < -0.3 is 14.5 Å². The number of fused-ring (bicyclic) bond motifs is 2. The molecule has 0 fully saturated rings. The number of imide groups is 1. The van der Waals surface area contributed by atoms with E-state index in [-0.39, 0.29) is 18.4 Å². The highest BCUT2D eigenvalue weighted by molar-refractivity contribution is 6.21. The van der Waals surface area contributed by atoms with E-state index in [0.29, 0.717) is 34.8 Å². The highest BCUT2D eigenvalue weighted by Gasteiger charge is 2.36. The van der Waals surface area contributed by atoms with E-state index in [1.807, 2.05) is 22.8 Å². The zero-order valence-corrected chi connectivity index (χ0v) is 16.7. The second-order valence-electron chi connectivity index (χ2n) is 7.28. The molecule has 5 rings (SSSR count). The van der Waals surface area contributed by atoms with E-state index in [1.54, 1.807) is 43.5 Å². The van der Waals surface area contributed by atoms with Crippen LogP contribution >= 0.6 is 0 Å². The quantitative estimate of drug-likeness (QED) is 0.284. The van der Waals surface area contributed by atoms with Crippen molar-refractivity contribution >= 4 is 22.8 Å². The van der Waals surface area contributed by atoms with Crippen LogP contribution < -0.4 is 9.47 Å². The number of benzene rings is 2. The zero-order chi connectivity index (χ0) is 21.5. The molecule has 154 valence electrons. The van der Waals surface area contributed by atoms with Crippen LogP contribution in [0.25, 0.3) is 11.0 Å². The lowest BCUT2D eigenvalue weighted by molar-refractivity contribution is -0.605. The van der Waals surface area contributed by atoms with Crippen LogP contribution in [0.2, 0.25) is 0 Å². The second-order valence-corrected chi connectivity index (χ2v) is 7.28. The Bertz CT molecular complexity index is 1310. The minimum absolute atomic E-state index is 0.0214. The molecule has 0 saturated carbocycles. The molecule has 0 radical (unpaired) electrons. The fraction of sp³-hybridized carbons (Fsp3) is 0.130. The van der Waals surface area contributed by atoms with Gasteiger partial charge in [0.1, 0.15) is 11.6 Å². The van der Waals surface area contributed by atoms with Crippen molar-refractivity contribution in [3.8, 4) is 5.75 Å². The molecule has 3 heterocycles. The second kappa shape index (κ2) is 7.24. The highest BCUT2D eigenvalue weighted by Crippen LogP contribution is 2.27. The van der Waals surface area contributed by atoms with Crippen LogP contribution in [-0.4, -0.2) is 33.4 Å². The molecule has 0 saturated heterocycles. The van der Waals surface area contributed by atoms with Crippen LogP contribution in [0.5, 0.6) is 5.75 Å². The summed E-state index contributed by atoms with van der Waals surface area (Å²) in [5.41, 5.74) is 3.06. The Kier molecular flexibility index (Phi) is 4.39. The van der Waals surface area contributed by atoms with E-state index in [2.05, 4.69) is 4.98 Å². The molecule has 0 atom stereocenters. The van der Waals surface area contributed by atoms with Gasteiger partial charge in [-0.05, 0) is 30.3 Å². The normalized spacial score (nSPS) is 13.1. The third kappa shape index (κ3) is 3.18. The molecule has 4 aromatic rings. The fourth-order valence-corrected chi connectivity index (χ4v) is 3.88. The molecule has 8 heteroatoms. The van der Waals surface area contributed by atoms with Crippen molar-refractivity contribution in [3.63, 3.8) is 0 Å². The summed E-state index contributed by atoms with van der Waals surface area (Å²) in [5, 5.41) is 11.7. The summed E-state index contributed by atoms with van der Waals surface area (Å²) in [6.07, 6.45) is 2.90. The molecule has 1 aliphatic rings. The summed E-state index contributed by atoms with van der Waals surface area (Å²) in [5.74, 6) is 0.517. The maximum Gasteiger partial charge on any atom is 0.261 e. The smallest absolute Gasteiger partial charge is 0.261 e. The standard InChI is InChI=1S/C23H18N4O4/c1-31-16-8-9-20-19(11-16)24-21(26(20)13-15-5-4-10-25(30)12-15)14-27-22(28)17-6-2-3-7-18(17)23(27)29/h2-12H,13-14H2,1H3. The summed E-state index contributed by atoms with van der Waals surface area (Å²) in [6, 6.07) is 15.8. The minimum atomic E-state index is -0.339. The summed E-state index contributed by atoms with van der Waals surface area (Å²) in [4.78, 5) is 31.6. The van der Waals surface area contributed by atoms with Gasteiger partial charge in [-0.2, -0.15) is 4.73 Å². The summed E-state index contributed by atoms with van der Waals surface area (Å²) < 4.78 is 7.95. The number of ether oxygens (including phenoxy) is 1. The molecule has 8 nitrogen and oxygen atoms in total. The Balaban J connectivity index is 1.57. The first kappa shape index (κ1) is 18.8. The van der Waals surface area contributed by atoms with Gasteiger partial charge in [0, 0.05) is 17.7 Å². The number of amides is 2. The van der Waals surface area contributed by atoms with E-state index < -0.39 is 0 Å². The number of hydrogen-bond acceptors (Lipinski definition) is 5. The number of carbonyl (C=O) groups is 2. The van der Waals surface area contributed by atoms with E-state index in [9.17, 15) is 14.8 Å². The van der Waals surface area contributed by atoms with Gasteiger partial charge in [0.15, 0.2) is 12.4 Å². The van der Waals surface area contributed by atoms with Gasteiger partial charge in [-0.15, -0.1) is 0 Å². The van der Waals surface area contributed by atoms with Crippen molar-refractivity contribution in [1.82, 2.24) is 14.5 Å². The van der Waals surface area contributed by atoms with Crippen LogP contribution in [-0.2, 0) is 13.1 Å². The van der Waals surface area contributed by atoms with Crippen molar-refractivity contribution < 1.29 is 19.1 Å². The van der Waals surface area contributed by atoms with Crippen molar-refractivity contribution in [2.75, 3.05) is 7.11 Å². The van der Waals surface area contributed by atoms with Gasteiger partial charge in [0.25, 0.3) is 11.8 Å².